The Morgan fingerprint density at radius 2 is 1.46 bits per heavy atom. The molecule has 0 aliphatic heterocycles. The monoisotopic (exact) mass is 344 g/mol. The Bertz CT molecular complexity index is 1210. The van der Waals surface area contributed by atoms with E-state index in [1.165, 1.54) is 42.1 Å². The fourth-order valence-electron chi connectivity index (χ4n) is 3.41. The summed E-state index contributed by atoms with van der Waals surface area (Å²) < 4.78 is 2.45. The number of rotatable bonds is 1. The Hall–Kier alpha value is -2.35. The molecule has 0 radical (unpaired) electrons. The lowest BCUT2D eigenvalue weighted by atomic mass is 9.97. The van der Waals surface area contributed by atoms with Crippen LogP contribution in [0.25, 0.3) is 42.1 Å². The second-order valence-corrected chi connectivity index (χ2v) is 7.42. The average molecular weight is 345 g/mol. The van der Waals surface area contributed by atoms with Gasteiger partial charge in [0.05, 0.1) is 9.72 Å². The summed E-state index contributed by atoms with van der Waals surface area (Å²) in [6.07, 6.45) is 0. The summed E-state index contributed by atoms with van der Waals surface area (Å²) in [5.41, 5.74) is 2.52. The van der Waals surface area contributed by atoms with Gasteiger partial charge in [0.25, 0.3) is 0 Å². The molecule has 0 unspecified atom stereocenters. The molecule has 0 amide bonds. The zero-order valence-corrected chi connectivity index (χ0v) is 14.4. The average Bonchev–Trinajstić information content (AvgIpc) is 3.01. The summed E-state index contributed by atoms with van der Waals surface area (Å²) in [5, 5.41) is 5.91. The largest absolute Gasteiger partial charge is 0.134 e. The molecule has 0 aliphatic rings. The van der Waals surface area contributed by atoms with Crippen LogP contribution in [0.4, 0.5) is 0 Å². The zero-order valence-electron chi connectivity index (χ0n) is 12.8. The van der Waals surface area contributed by atoms with Gasteiger partial charge in [0, 0.05) is 15.5 Å². The van der Waals surface area contributed by atoms with Crippen molar-refractivity contribution in [1.82, 2.24) is 0 Å². The van der Waals surface area contributed by atoms with Crippen molar-refractivity contribution in [2.75, 3.05) is 0 Å². The molecule has 0 saturated heterocycles. The van der Waals surface area contributed by atoms with E-state index in [1.807, 2.05) is 12.1 Å². The Balaban J connectivity index is 1.84. The fourth-order valence-corrected chi connectivity index (χ4v) is 4.79. The number of thiophene rings is 1. The van der Waals surface area contributed by atoms with Crippen LogP contribution >= 0.6 is 22.9 Å². The molecular weight excluding hydrogens is 332 g/mol. The van der Waals surface area contributed by atoms with Gasteiger partial charge in [-0.3, -0.25) is 0 Å². The number of hydrogen-bond donors (Lipinski definition) is 0. The van der Waals surface area contributed by atoms with Crippen LogP contribution in [0.1, 0.15) is 0 Å². The summed E-state index contributed by atoms with van der Waals surface area (Å²) >= 11 is 8.14. The van der Waals surface area contributed by atoms with E-state index in [2.05, 4.69) is 66.7 Å². The predicted molar refractivity (Wildman–Crippen MR) is 107 cm³/mol. The van der Waals surface area contributed by atoms with Gasteiger partial charge in [-0.2, -0.15) is 0 Å². The second-order valence-electron chi connectivity index (χ2n) is 5.96. The van der Waals surface area contributed by atoms with E-state index in [4.69, 9.17) is 11.6 Å². The quantitative estimate of drug-likeness (QED) is 0.295. The van der Waals surface area contributed by atoms with Crippen molar-refractivity contribution in [2.24, 2.45) is 0 Å². The van der Waals surface area contributed by atoms with E-state index in [0.29, 0.717) is 0 Å². The molecule has 5 aromatic rings. The van der Waals surface area contributed by atoms with E-state index in [1.54, 1.807) is 11.3 Å². The molecular formula is C22H13ClS. The standard InChI is InChI=1S/C22H13ClS/c23-20-10-4-9-18-19-13-15(11-12-21(19)24-22(18)20)17-8-3-6-14-5-1-2-7-16(14)17/h1-13H. The topological polar surface area (TPSA) is 0 Å². The summed E-state index contributed by atoms with van der Waals surface area (Å²) in [6.45, 7) is 0. The normalized spacial score (nSPS) is 11.5. The highest BCUT2D eigenvalue weighted by molar-refractivity contribution is 7.26. The SMILES string of the molecule is Clc1cccc2c1sc1ccc(-c3cccc4ccccc34)cc12. The van der Waals surface area contributed by atoms with E-state index >= 15 is 0 Å². The maximum atomic E-state index is 6.37. The highest BCUT2D eigenvalue weighted by Crippen LogP contribution is 2.40. The maximum absolute atomic E-state index is 6.37. The van der Waals surface area contributed by atoms with Crippen LogP contribution in [0, 0.1) is 0 Å². The van der Waals surface area contributed by atoms with Crippen LogP contribution in [0.15, 0.2) is 78.9 Å². The molecule has 1 heterocycles. The predicted octanol–water partition coefficient (Wildman–Crippen LogP) is 7.53. The Labute approximate surface area is 148 Å². The van der Waals surface area contributed by atoms with Gasteiger partial charge in [-0.1, -0.05) is 72.3 Å². The lowest BCUT2D eigenvalue weighted by Crippen LogP contribution is -1.81. The van der Waals surface area contributed by atoms with Crippen molar-refractivity contribution in [1.29, 1.82) is 0 Å². The van der Waals surface area contributed by atoms with Gasteiger partial charge in [0.2, 0.25) is 0 Å². The molecule has 5 rings (SSSR count). The minimum absolute atomic E-state index is 0.834. The van der Waals surface area contributed by atoms with Crippen LogP contribution in [-0.2, 0) is 0 Å². The van der Waals surface area contributed by atoms with Gasteiger partial charge in [-0.15, -0.1) is 11.3 Å². The molecule has 0 nitrogen and oxygen atoms in total. The van der Waals surface area contributed by atoms with Gasteiger partial charge in [0.15, 0.2) is 0 Å². The molecule has 24 heavy (non-hydrogen) atoms. The molecule has 0 spiro atoms. The van der Waals surface area contributed by atoms with E-state index in [-0.39, 0.29) is 0 Å². The van der Waals surface area contributed by atoms with Gasteiger partial charge in [0.1, 0.15) is 0 Å². The smallest absolute Gasteiger partial charge is 0.0584 e. The summed E-state index contributed by atoms with van der Waals surface area (Å²) in [7, 11) is 0. The van der Waals surface area contributed by atoms with Gasteiger partial charge in [-0.25, -0.2) is 0 Å². The van der Waals surface area contributed by atoms with Crippen LogP contribution in [0.2, 0.25) is 5.02 Å². The molecule has 0 aliphatic carbocycles. The lowest BCUT2D eigenvalue weighted by molar-refractivity contribution is 1.70. The van der Waals surface area contributed by atoms with Crippen LogP contribution < -0.4 is 0 Å². The van der Waals surface area contributed by atoms with Crippen LogP contribution in [0.3, 0.4) is 0 Å². The molecule has 0 atom stereocenters. The third-order valence-corrected chi connectivity index (χ3v) is 6.20. The Morgan fingerprint density at radius 3 is 2.42 bits per heavy atom. The molecule has 1 aromatic heterocycles. The third kappa shape index (κ3) is 2.06. The number of hydrogen-bond acceptors (Lipinski definition) is 1. The highest BCUT2D eigenvalue weighted by atomic mass is 35.5. The minimum Gasteiger partial charge on any atom is -0.134 e. The molecule has 0 N–H and O–H groups in total. The first-order valence-corrected chi connectivity index (χ1v) is 9.10. The van der Waals surface area contributed by atoms with Gasteiger partial charge in [-0.05, 0) is 40.1 Å². The minimum atomic E-state index is 0.834. The fraction of sp³-hybridized carbons (Fsp3) is 0. The molecule has 2 heteroatoms. The van der Waals surface area contributed by atoms with E-state index in [9.17, 15) is 0 Å². The van der Waals surface area contributed by atoms with Crippen molar-refractivity contribution < 1.29 is 0 Å². The Morgan fingerprint density at radius 1 is 0.667 bits per heavy atom. The zero-order chi connectivity index (χ0) is 16.1. The third-order valence-electron chi connectivity index (χ3n) is 4.55. The first-order valence-electron chi connectivity index (χ1n) is 7.90. The summed E-state index contributed by atoms with van der Waals surface area (Å²) in [6, 6.07) is 27.9. The first-order chi connectivity index (χ1) is 11.8. The number of benzene rings is 4. The second kappa shape index (κ2) is 5.34. The Kier molecular flexibility index (Phi) is 3.12. The van der Waals surface area contributed by atoms with E-state index in [0.717, 1.165) is 5.02 Å². The molecule has 4 aromatic carbocycles. The summed E-state index contributed by atoms with van der Waals surface area (Å²) in [4.78, 5) is 0. The van der Waals surface area contributed by atoms with Crippen molar-refractivity contribution in [3.63, 3.8) is 0 Å². The van der Waals surface area contributed by atoms with Crippen molar-refractivity contribution in [3.8, 4) is 11.1 Å². The van der Waals surface area contributed by atoms with Gasteiger partial charge < -0.3 is 0 Å². The highest BCUT2D eigenvalue weighted by Gasteiger charge is 2.10. The first kappa shape index (κ1) is 14.0. The van der Waals surface area contributed by atoms with Crippen LogP contribution in [0.5, 0.6) is 0 Å². The molecule has 114 valence electrons. The lowest BCUT2D eigenvalue weighted by Gasteiger charge is -2.07. The number of halogens is 1. The van der Waals surface area contributed by atoms with E-state index < -0.39 is 0 Å². The number of fused-ring (bicyclic) bond motifs is 4. The van der Waals surface area contributed by atoms with Crippen molar-refractivity contribution >= 4 is 53.9 Å². The van der Waals surface area contributed by atoms with Crippen LogP contribution in [-0.4, -0.2) is 0 Å². The molecule has 0 bridgehead atoms. The molecule has 0 fully saturated rings. The summed E-state index contributed by atoms with van der Waals surface area (Å²) in [5.74, 6) is 0. The van der Waals surface area contributed by atoms with Crippen molar-refractivity contribution in [3.05, 3.63) is 83.9 Å². The van der Waals surface area contributed by atoms with Crippen molar-refractivity contribution in [2.45, 2.75) is 0 Å². The molecule has 0 saturated carbocycles. The maximum Gasteiger partial charge on any atom is 0.0584 e. The van der Waals surface area contributed by atoms with Gasteiger partial charge >= 0.3 is 0 Å².